The van der Waals surface area contributed by atoms with E-state index in [9.17, 15) is 0 Å². The molecule has 0 radical (unpaired) electrons. The van der Waals surface area contributed by atoms with Crippen molar-refractivity contribution in [1.82, 2.24) is 15.5 Å². The number of fused-ring (bicyclic) bond motifs is 2. The quantitative estimate of drug-likeness (QED) is 0.885. The zero-order chi connectivity index (χ0) is 14.8. The van der Waals surface area contributed by atoms with E-state index in [0.29, 0.717) is 6.04 Å². The fourth-order valence-electron chi connectivity index (χ4n) is 3.74. The Labute approximate surface area is 131 Å². The summed E-state index contributed by atoms with van der Waals surface area (Å²) >= 11 is 0. The Bertz CT molecular complexity index is 623. The second-order valence-corrected chi connectivity index (χ2v) is 6.50. The van der Waals surface area contributed by atoms with Crippen molar-refractivity contribution in [1.29, 1.82) is 0 Å². The predicted octanol–water partition coefficient (Wildman–Crippen LogP) is 2.99. The fraction of sp³-hybridized carbons (Fsp3) is 0.556. The molecule has 2 heterocycles. The van der Waals surface area contributed by atoms with E-state index in [0.717, 1.165) is 50.1 Å². The Kier molecular flexibility index (Phi) is 3.94. The third-order valence-corrected chi connectivity index (χ3v) is 5.07. The summed E-state index contributed by atoms with van der Waals surface area (Å²) in [5.41, 5.74) is 5.21. The molecular weight excluding hydrogens is 274 g/mol. The second-order valence-electron chi connectivity index (χ2n) is 6.50. The summed E-state index contributed by atoms with van der Waals surface area (Å²) in [5.74, 6) is 1.13. The van der Waals surface area contributed by atoms with Crippen LogP contribution in [0.1, 0.15) is 54.0 Å². The molecule has 4 heteroatoms. The summed E-state index contributed by atoms with van der Waals surface area (Å²) in [6, 6.07) is 4.82. The zero-order valence-electron chi connectivity index (χ0n) is 13.0. The van der Waals surface area contributed by atoms with Crippen molar-refractivity contribution >= 4 is 0 Å². The first kappa shape index (κ1) is 13.9. The first-order valence-electron chi connectivity index (χ1n) is 8.52. The SMILES string of the molecule is c1cnc2c(c1)CCC(NCc1noc3c1CCCC3)CC2. The maximum atomic E-state index is 5.50. The third-order valence-electron chi connectivity index (χ3n) is 5.07. The number of hydrogen-bond acceptors (Lipinski definition) is 4. The van der Waals surface area contributed by atoms with Crippen LogP contribution in [0, 0.1) is 0 Å². The molecule has 2 aromatic heterocycles. The molecule has 0 spiro atoms. The minimum Gasteiger partial charge on any atom is -0.361 e. The second kappa shape index (κ2) is 6.21. The Morgan fingerprint density at radius 2 is 2.05 bits per heavy atom. The maximum absolute atomic E-state index is 5.50. The highest BCUT2D eigenvalue weighted by atomic mass is 16.5. The normalized spacial score (nSPS) is 21.0. The van der Waals surface area contributed by atoms with Crippen LogP contribution in [0.3, 0.4) is 0 Å². The van der Waals surface area contributed by atoms with E-state index >= 15 is 0 Å². The fourth-order valence-corrected chi connectivity index (χ4v) is 3.74. The van der Waals surface area contributed by atoms with Crippen LogP contribution >= 0.6 is 0 Å². The van der Waals surface area contributed by atoms with Crippen molar-refractivity contribution < 1.29 is 4.52 Å². The average molecular weight is 297 g/mol. The lowest BCUT2D eigenvalue weighted by molar-refractivity contribution is 0.363. The Balaban J connectivity index is 1.38. The standard InChI is InChI=1S/C18H23N3O/c1-2-6-18-15(5-1)17(21-22-18)12-20-14-8-7-13-4-3-11-19-16(13)10-9-14/h3-4,11,14,20H,1-2,5-10,12H2. The van der Waals surface area contributed by atoms with Gasteiger partial charge in [0.15, 0.2) is 0 Å². The molecule has 0 bridgehead atoms. The van der Waals surface area contributed by atoms with E-state index in [1.807, 2.05) is 12.3 Å². The molecule has 1 unspecified atom stereocenters. The summed E-state index contributed by atoms with van der Waals surface area (Å²) in [4.78, 5) is 4.53. The summed E-state index contributed by atoms with van der Waals surface area (Å²) in [5, 5.41) is 7.99. The molecule has 2 aliphatic carbocycles. The van der Waals surface area contributed by atoms with Crippen molar-refractivity contribution in [2.75, 3.05) is 0 Å². The Morgan fingerprint density at radius 3 is 3.05 bits per heavy atom. The molecule has 0 saturated heterocycles. The first-order chi connectivity index (χ1) is 10.9. The third kappa shape index (κ3) is 2.80. The minimum absolute atomic E-state index is 0.546. The predicted molar refractivity (Wildman–Crippen MR) is 84.7 cm³/mol. The van der Waals surface area contributed by atoms with E-state index in [4.69, 9.17) is 4.52 Å². The largest absolute Gasteiger partial charge is 0.361 e. The van der Waals surface area contributed by atoms with Gasteiger partial charge >= 0.3 is 0 Å². The van der Waals surface area contributed by atoms with Gasteiger partial charge in [0.05, 0.1) is 0 Å². The smallest absolute Gasteiger partial charge is 0.140 e. The lowest BCUT2D eigenvalue weighted by Crippen LogP contribution is -2.29. The van der Waals surface area contributed by atoms with E-state index in [2.05, 4.69) is 21.5 Å². The van der Waals surface area contributed by atoms with Gasteiger partial charge in [0.2, 0.25) is 0 Å². The molecule has 1 N–H and O–H groups in total. The van der Waals surface area contributed by atoms with E-state index in [1.54, 1.807) is 0 Å². The lowest BCUT2D eigenvalue weighted by Gasteiger charge is -2.16. The molecule has 0 amide bonds. The number of rotatable bonds is 3. The highest BCUT2D eigenvalue weighted by molar-refractivity contribution is 5.25. The van der Waals surface area contributed by atoms with Gasteiger partial charge in [-0.25, -0.2) is 0 Å². The molecule has 22 heavy (non-hydrogen) atoms. The molecule has 116 valence electrons. The number of nitrogens with one attached hydrogen (secondary N) is 1. The van der Waals surface area contributed by atoms with Gasteiger partial charge in [-0.05, 0) is 56.6 Å². The molecule has 4 nitrogen and oxygen atoms in total. The molecule has 2 aromatic rings. The van der Waals surface area contributed by atoms with Gasteiger partial charge < -0.3 is 9.84 Å². The molecule has 0 fully saturated rings. The summed E-state index contributed by atoms with van der Waals surface area (Å²) in [6.07, 6.45) is 11.1. The van der Waals surface area contributed by atoms with E-state index in [-0.39, 0.29) is 0 Å². The monoisotopic (exact) mass is 297 g/mol. The summed E-state index contributed by atoms with van der Waals surface area (Å²) < 4.78 is 5.50. The van der Waals surface area contributed by atoms with Crippen molar-refractivity contribution in [2.45, 2.75) is 64.0 Å². The molecule has 0 aliphatic heterocycles. The number of hydrogen-bond donors (Lipinski definition) is 1. The van der Waals surface area contributed by atoms with Crippen LogP contribution in [0.15, 0.2) is 22.9 Å². The Morgan fingerprint density at radius 1 is 1.14 bits per heavy atom. The van der Waals surface area contributed by atoms with Crippen LogP contribution < -0.4 is 5.32 Å². The molecule has 0 saturated carbocycles. The molecule has 0 aromatic carbocycles. The van der Waals surface area contributed by atoms with Crippen molar-refractivity contribution in [3.05, 3.63) is 46.6 Å². The van der Waals surface area contributed by atoms with Crippen molar-refractivity contribution in [2.24, 2.45) is 0 Å². The van der Waals surface area contributed by atoms with Gasteiger partial charge in [0.25, 0.3) is 0 Å². The number of nitrogens with zero attached hydrogens (tertiary/aromatic N) is 2. The van der Waals surface area contributed by atoms with Crippen molar-refractivity contribution in [3.8, 4) is 0 Å². The lowest BCUT2D eigenvalue weighted by atomic mass is 9.96. The molecule has 1 atom stereocenters. The zero-order valence-corrected chi connectivity index (χ0v) is 13.0. The van der Waals surface area contributed by atoms with Crippen LogP contribution in [0.2, 0.25) is 0 Å². The summed E-state index contributed by atoms with van der Waals surface area (Å²) in [6.45, 7) is 0.841. The highest BCUT2D eigenvalue weighted by Gasteiger charge is 2.21. The van der Waals surface area contributed by atoms with Gasteiger partial charge in [0, 0.05) is 36.5 Å². The van der Waals surface area contributed by atoms with Gasteiger partial charge in [0.1, 0.15) is 11.5 Å². The van der Waals surface area contributed by atoms with Gasteiger partial charge in [-0.2, -0.15) is 0 Å². The van der Waals surface area contributed by atoms with Crippen LogP contribution in [0.25, 0.3) is 0 Å². The van der Waals surface area contributed by atoms with Crippen LogP contribution in [0.4, 0.5) is 0 Å². The van der Waals surface area contributed by atoms with Crippen LogP contribution in [-0.4, -0.2) is 16.2 Å². The van der Waals surface area contributed by atoms with Gasteiger partial charge in [-0.15, -0.1) is 0 Å². The minimum atomic E-state index is 0.546. The first-order valence-corrected chi connectivity index (χ1v) is 8.52. The topological polar surface area (TPSA) is 51.0 Å². The summed E-state index contributed by atoms with van der Waals surface area (Å²) in [7, 11) is 0. The number of aryl methyl sites for hydroxylation is 3. The van der Waals surface area contributed by atoms with E-state index < -0.39 is 0 Å². The number of pyridine rings is 1. The number of aromatic nitrogens is 2. The molecule has 2 aliphatic rings. The molecular formula is C18H23N3O. The van der Waals surface area contributed by atoms with Gasteiger partial charge in [-0.3, -0.25) is 4.98 Å². The molecule has 4 rings (SSSR count). The maximum Gasteiger partial charge on any atom is 0.140 e. The Hall–Kier alpha value is -1.68. The van der Waals surface area contributed by atoms with Crippen LogP contribution in [0.5, 0.6) is 0 Å². The van der Waals surface area contributed by atoms with Gasteiger partial charge in [-0.1, -0.05) is 11.2 Å². The highest BCUT2D eigenvalue weighted by Crippen LogP contribution is 2.25. The van der Waals surface area contributed by atoms with Crippen molar-refractivity contribution in [3.63, 3.8) is 0 Å². The van der Waals surface area contributed by atoms with Crippen LogP contribution in [-0.2, 0) is 32.2 Å². The average Bonchev–Trinajstić information content (AvgIpc) is 2.86. The van der Waals surface area contributed by atoms with E-state index in [1.165, 1.54) is 36.1 Å².